The van der Waals surface area contributed by atoms with Crippen molar-refractivity contribution in [1.29, 1.82) is 0 Å². The molecule has 0 aliphatic carbocycles. The smallest absolute Gasteiger partial charge is 0.303 e. The van der Waals surface area contributed by atoms with E-state index in [-0.39, 0.29) is 17.9 Å². The minimum Gasteiger partial charge on any atom is -0.481 e. The Labute approximate surface area is 108 Å². The second-order valence-electron chi connectivity index (χ2n) is 5.72. The maximum atomic E-state index is 10.8. The van der Waals surface area contributed by atoms with Gasteiger partial charge in [-0.3, -0.25) is 14.7 Å². The Morgan fingerprint density at radius 3 is 2.78 bits per heavy atom. The van der Waals surface area contributed by atoms with Gasteiger partial charge in [0, 0.05) is 37.4 Å². The van der Waals surface area contributed by atoms with Crippen LogP contribution in [0.15, 0.2) is 24.5 Å². The first-order valence-corrected chi connectivity index (χ1v) is 6.33. The van der Waals surface area contributed by atoms with Crippen molar-refractivity contribution in [2.45, 2.75) is 38.8 Å². The summed E-state index contributed by atoms with van der Waals surface area (Å²) in [6.45, 7) is 6.11. The third-order valence-electron chi connectivity index (χ3n) is 3.71. The zero-order chi connectivity index (χ0) is 13.2. The molecule has 0 bridgehead atoms. The minimum absolute atomic E-state index is 0.0728. The minimum atomic E-state index is -0.693. The van der Waals surface area contributed by atoms with Crippen molar-refractivity contribution in [1.82, 2.24) is 9.88 Å². The van der Waals surface area contributed by atoms with Gasteiger partial charge in [0.25, 0.3) is 0 Å². The summed E-state index contributed by atoms with van der Waals surface area (Å²) in [6.07, 6.45) is 4.82. The standard InChI is InChI=1S/C14H20N2O2/c1-14(2)8-12(7-13(17)18)10-16(14)9-11-3-5-15-6-4-11/h3-6,12H,7-10H2,1-2H3,(H,17,18). The molecule has 1 aliphatic rings. The van der Waals surface area contributed by atoms with Gasteiger partial charge in [-0.25, -0.2) is 0 Å². The van der Waals surface area contributed by atoms with Gasteiger partial charge in [-0.1, -0.05) is 0 Å². The summed E-state index contributed by atoms with van der Waals surface area (Å²) in [5.41, 5.74) is 1.30. The second kappa shape index (κ2) is 5.06. The Balaban J connectivity index is 2.02. The van der Waals surface area contributed by atoms with Crippen LogP contribution < -0.4 is 0 Å². The summed E-state index contributed by atoms with van der Waals surface area (Å²) in [7, 11) is 0. The molecule has 0 spiro atoms. The number of carbonyl (C=O) groups is 1. The molecule has 1 N–H and O–H groups in total. The molecule has 0 amide bonds. The van der Waals surface area contributed by atoms with E-state index in [0.29, 0.717) is 0 Å². The summed E-state index contributed by atoms with van der Waals surface area (Å²) >= 11 is 0. The number of aliphatic carboxylic acids is 1. The third-order valence-corrected chi connectivity index (χ3v) is 3.71. The highest BCUT2D eigenvalue weighted by Crippen LogP contribution is 2.35. The van der Waals surface area contributed by atoms with Crippen LogP contribution in [0.2, 0.25) is 0 Å². The Morgan fingerprint density at radius 1 is 1.50 bits per heavy atom. The maximum Gasteiger partial charge on any atom is 0.303 e. The fourth-order valence-corrected chi connectivity index (χ4v) is 2.83. The number of nitrogens with zero attached hydrogens (tertiary/aromatic N) is 2. The van der Waals surface area contributed by atoms with Gasteiger partial charge in [0.15, 0.2) is 0 Å². The van der Waals surface area contributed by atoms with E-state index in [1.807, 2.05) is 12.1 Å². The van der Waals surface area contributed by atoms with Crippen LogP contribution in [0, 0.1) is 5.92 Å². The highest BCUT2D eigenvalue weighted by Gasteiger charge is 2.38. The Bertz CT molecular complexity index is 417. The lowest BCUT2D eigenvalue weighted by Crippen LogP contribution is -2.37. The van der Waals surface area contributed by atoms with Gasteiger partial charge in [-0.2, -0.15) is 0 Å². The van der Waals surface area contributed by atoms with E-state index < -0.39 is 5.97 Å². The lowest BCUT2D eigenvalue weighted by molar-refractivity contribution is -0.138. The van der Waals surface area contributed by atoms with Crippen LogP contribution in [0.4, 0.5) is 0 Å². The van der Waals surface area contributed by atoms with E-state index in [9.17, 15) is 4.79 Å². The molecule has 1 atom stereocenters. The number of hydrogen-bond donors (Lipinski definition) is 1. The number of carboxylic acids is 1. The fourth-order valence-electron chi connectivity index (χ4n) is 2.83. The van der Waals surface area contributed by atoms with Gasteiger partial charge in [-0.15, -0.1) is 0 Å². The quantitative estimate of drug-likeness (QED) is 0.887. The predicted molar refractivity (Wildman–Crippen MR) is 69.1 cm³/mol. The Kier molecular flexibility index (Phi) is 3.66. The molecule has 1 aromatic rings. The van der Waals surface area contributed by atoms with Gasteiger partial charge in [0.05, 0.1) is 0 Å². The molecule has 4 heteroatoms. The zero-order valence-corrected chi connectivity index (χ0v) is 11.0. The number of carboxylic acid groups (broad SMARTS) is 1. The average molecular weight is 248 g/mol. The summed E-state index contributed by atoms with van der Waals surface area (Å²) in [5.74, 6) is -0.430. The predicted octanol–water partition coefficient (Wildman–Crippen LogP) is 2.16. The van der Waals surface area contributed by atoms with Crippen LogP contribution in [0.1, 0.15) is 32.3 Å². The van der Waals surface area contributed by atoms with Crippen molar-refractivity contribution >= 4 is 5.97 Å². The van der Waals surface area contributed by atoms with Gasteiger partial charge < -0.3 is 5.11 Å². The van der Waals surface area contributed by atoms with E-state index >= 15 is 0 Å². The number of likely N-dealkylation sites (tertiary alicyclic amines) is 1. The van der Waals surface area contributed by atoms with Crippen molar-refractivity contribution < 1.29 is 9.90 Å². The molecule has 1 aliphatic heterocycles. The van der Waals surface area contributed by atoms with E-state index in [1.54, 1.807) is 12.4 Å². The van der Waals surface area contributed by atoms with Crippen LogP contribution in [-0.4, -0.2) is 33.0 Å². The molecule has 98 valence electrons. The molecule has 1 unspecified atom stereocenters. The van der Waals surface area contributed by atoms with Gasteiger partial charge in [0.2, 0.25) is 0 Å². The molecule has 1 saturated heterocycles. The van der Waals surface area contributed by atoms with Crippen molar-refractivity contribution in [2.24, 2.45) is 5.92 Å². The molecule has 0 radical (unpaired) electrons. The van der Waals surface area contributed by atoms with E-state index in [2.05, 4.69) is 23.7 Å². The molecular formula is C14H20N2O2. The monoisotopic (exact) mass is 248 g/mol. The van der Waals surface area contributed by atoms with Crippen LogP contribution in [0.3, 0.4) is 0 Å². The largest absolute Gasteiger partial charge is 0.481 e. The van der Waals surface area contributed by atoms with Crippen molar-refractivity contribution in [3.05, 3.63) is 30.1 Å². The van der Waals surface area contributed by atoms with Crippen LogP contribution in [0.25, 0.3) is 0 Å². The summed E-state index contributed by atoms with van der Waals surface area (Å²) < 4.78 is 0. The van der Waals surface area contributed by atoms with Gasteiger partial charge >= 0.3 is 5.97 Å². The third kappa shape index (κ3) is 3.07. The molecule has 1 fully saturated rings. The maximum absolute atomic E-state index is 10.8. The van der Waals surface area contributed by atoms with E-state index in [0.717, 1.165) is 19.5 Å². The first-order chi connectivity index (χ1) is 8.47. The molecule has 0 aromatic carbocycles. The van der Waals surface area contributed by atoms with Crippen molar-refractivity contribution in [3.63, 3.8) is 0 Å². The van der Waals surface area contributed by atoms with Crippen LogP contribution in [0.5, 0.6) is 0 Å². The van der Waals surface area contributed by atoms with Crippen molar-refractivity contribution in [3.8, 4) is 0 Å². The van der Waals surface area contributed by atoms with Gasteiger partial charge in [0.1, 0.15) is 0 Å². The first kappa shape index (κ1) is 13.0. The number of aromatic nitrogens is 1. The SMILES string of the molecule is CC1(C)CC(CC(=O)O)CN1Cc1ccncc1. The first-order valence-electron chi connectivity index (χ1n) is 6.33. The highest BCUT2D eigenvalue weighted by molar-refractivity contribution is 5.67. The number of hydrogen-bond acceptors (Lipinski definition) is 3. The molecule has 18 heavy (non-hydrogen) atoms. The zero-order valence-electron chi connectivity index (χ0n) is 11.0. The van der Waals surface area contributed by atoms with Crippen LogP contribution >= 0.6 is 0 Å². The molecule has 2 rings (SSSR count). The van der Waals surface area contributed by atoms with Gasteiger partial charge in [-0.05, 0) is 43.9 Å². The molecule has 0 saturated carbocycles. The number of rotatable bonds is 4. The summed E-state index contributed by atoms with van der Waals surface area (Å²) in [4.78, 5) is 17.2. The molecule has 4 nitrogen and oxygen atoms in total. The molecule has 1 aromatic heterocycles. The van der Waals surface area contributed by atoms with Crippen molar-refractivity contribution in [2.75, 3.05) is 6.54 Å². The lowest BCUT2D eigenvalue weighted by atomic mass is 9.94. The van der Waals surface area contributed by atoms with E-state index in [1.165, 1.54) is 5.56 Å². The summed E-state index contributed by atoms with van der Waals surface area (Å²) in [5, 5.41) is 8.89. The normalized spacial score (nSPS) is 23.1. The number of pyridine rings is 1. The average Bonchev–Trinajstić information content (AvgIpc) is 2.53. The van der Waals surface area contributed by atoms with E-state index in [4.69, 9.17) is 5.11 Å². The second-order valence-corrected chi connectivity index (χ2v) is 5.72. The molecular weight excluding hydrogens is 228 g/mol. The summed E-state index contributed by atoms with van der Waals surface area (Å²) in [6, 6.07) is 4.03. The Hall–Kier alpha value is -1.42. The highest BCUT2D eigenvalue weighted by atomic mass is 16.4. The lowest BCUT2D eigenvalue weighted by Gasteiger charge is -2.31. The molecule has 2 heterocycles. The fraction of sp³-hybridized carbons (Fsp3) is 0.571. The Morgan fingerprint density at radius 2 is 2.17 bits per heavy atom. The van der Waals surface area contributed by atoms with Crippen LogP contribution in [-0.2, 0) is 11.3 Å². The topological polar surface area (TPSA) is 53.4 Å².